The number of likely N-dealkylation sites (tertiary alicyclic amines) is 1. The standard InChI is InChI=1S/C27H30N4O5/c32-25(29-10-1-2-11-29)16-30-15-19-5-6-20(13-22(19)26(30)33)31-12-9-23(27(31)34)36-21-7-8-24(28-14-21)35-17-18-3-4-18/h5-8,13-14,18,23H,1-4,9-12,15-17H2/t23-/m1/s1. The van der Waals surface area contributed by atoms with Crippen LogP contribution in [-0.4, -0.2) is 71.4 Å². The smallest absolute Gasteiger partial charge is 0.268 e. The first-order chi connectivity index (χ1) is 17.5. The Balaban J connectivity index is 1.07. The van der Waals surface area contributed by atoms with Crippen molar-refractivity contribution >= 4 is 23.4 Å². The van der Waals surface area contributed by atoms with Crippen LogP contribution in [0, 0.1) is 5.92 Å². The zero-order valence-corrected chi connectivity index (χ0v) is 20.2. The maximum Gasteiger partial charge on any atom is 0.268 e. The van der Waals surface area contributed by atoms with E-state index in [1.807, 2.05) is 17.0 Å². The molecule has 9 heteroatoms. The number of amides is 3. The van der Waals surface area contributed by atoms with Crippen molar-refractivity contribution in [3.8, 4) is 11.6 Å². The molecule has 0 spiro atoms. The van der Waals surface area contributed by atoms with Crippen LogP contribution in [0.5, 0.6) is 11.6 Å². The monoisotopic (exact) mass is 490 g/mol. The fourth-order valence-electron chi connectivity index (χ4n) is 5.07. The van der Waals surface area contributed by atoms with Crippen molar-refractivity contribution in [3.05, 3.63) is 47.7 Å². The number of carbonyl (C=O) groups excluding carboxylic acids is 3. The van der Waals surface area contributed by atoms with E-state index in [4.69, 9.17) is 9.47 Å². The summed E-state index contributed by atoms with van der Waals surface area (Å²) in [7, 11) is 0. The highest BCUT2D eigenvalue weighted by Gasteiger charge is 2.36. The van der Waals surface area contributed by atoms with E-state index in [-0.39, 0.29) is 24.3 Å². The molecule has 3 amide bonds. The molecule has 0 unspecified atom stereocenters. The second-order valence-electron chi connectivity index (χ2n) is 10.1. The molecule has 1 aromatic carbocycles. The molecular formula is C27H30N4O5. The molecule has 2 aromatic rings. The second kappa shape index (κ2) is 9.44. The lowest BCUT2D eigenvalue weighted by atomic mass is 10.1. The van der Waals surface area contributed by atoms with E-state index in [9.17, 15) is 14.4 Å². The van der Waals surface area contributed by atoms with E-state index in [1.54, 1.807) is 34.2 Å². The zero-order chi connectivity index (χ0) is 24.6. The van der Waals surface area contributed by atoms with Crippen molar-refractivity contribution < 1.29 is 23.9 Å². The molecule has 1 atom stereocenters. The number of rotatable bonds is 8. The first kappa shape index (κ1) is 22.8. The van der Waals surface area contributed by atoms with Gasteiger partial charge in [-0.1, -0.05) is 6.07 Å². The fourth-order valence-corrected chi connectivity index (χ4v) is 5.07. The summed E-state index contributed by atoms with van der Waals surface area (Å²) in [6, 6.07) is 9.06. The van der Waals surface area contributed by atoms with Gasteiger partial charge < -0.3 is 24.2 Å². The van der Waals surface area contributed by atoms with Gasteiger partial charge in [-0.2, -0.15) is 0 Å². The molecule has 1 saturated carbocycles. The maximum atomic E-state index is 13.1. The fraction of sp³-hybridized carbons (Fsp3) is 0.481. The number of ether oxygens (including phenoxy) is 2. The van der Waals surface area contributed by atoms with Gasteiger partial charge in [-0.25, -0.2) is 4.98 Å². The average Bonchev–Trinajstić information content (AvgIpc) is 3.27. The third-order valence-corrected chi connectivity index (χ3v) is 7.38. The van der Waals surface area contributed by atoms with E-state index in [0.717, 1.165) is 31.5 Å². The van der Waals surface area contributed by atoms with E-state index in [0.29, 0.717) is 54.9 Å². The minimum atomic E-state index is -0.608. The Morgan fingerprint density at radius 2 is 1.86 bits per heavy atom. The number of hydrogen-bond donors (Lipinski definition) is 0. The normalized spacial score (nSPS) is 21.3. The van der Waals surface area contributed by atoms with Gasteiger partial charge in [0.15, 0.2) is 6.10 Å². The number of carbonyl (C=O) groups is 3. The largest absolute Gasteiger partial charge is 0.479 e. The molecule has 9 nitrogen and oxygen atoms in total. The summed E-state index contributed by atoms with van der Waals surface area (Å²) in [5.74, 6) is 1.44. The summed E-state index contributed by atoms with van der Waals surface area (Å²) in [5.41, 5.74) is 2.12. The van der Waals surface area contributed by atoms with Crippen molar-refractivity contribution in [1.82, 2.24) is 14.8 Å². The lowest BCUT2D eigenvalue weighted by molar-refractivity contribution is -0.130. The van der Waals surface area contributed by atoms with Gasteiger partial charge in [0.1, 0.15) is 12.3 Å². The van der Waals surface area contributed by atoms with Gasteiger partial charge in [0.05, 0.1) is 12.8 Å². The van der Waals surface area contributed by atoms with Gasteiger partial charge in [-0.15, -0.1) is 0 Å². The van der Waals surface area contributed by atoms with Crippen LogP contribution in [0.3, 0.4) is 0 Å². The number of hydrogen-bond acceptors (Lipinski definition) is 6. The van der Waals surface area contributed by atoms with Crippen molar-refractivity contribution in [2.75, 3.05) is 37.7 Å². The Hall–Kier alpha value is -3.62. The number of anilines is 1. The van der Waals surface area contributed by atoms with Crippen molar-refractivity contribution in [2.24, 2.45) is 5.92 Å². The van der Waals surface area contributed by atoms with Crippen LogP contribution in [0.1, 0.15) is 48.0 Å². The first-order valence-corrected chi connectivity index (χ1v) is 12.8. The van der Waals surface area contributed by atoms with Gasteiger partial charge in [-0.05, 0) is 55.4 Å². The predicted molar refractivity (Wildman–Crippen MR) is 131 cm³/mol. The van der Waals surface area contributed by atoms with Crippen LogP contribution in [0.25, 0.3) is 0 Å². The van der Waals surface area contributed by atoms with Crippen LogP contribution in [0.15, 0.2) is 36.5 Å². The number of fused-ring (bicyclic) bond motifs is 1. The quantitative estimate of drug-likeness (QED) is 0.565. The number of aromatic nitrogens is 1. The molecular weight excluding hydrogens is 460 g/mol. The summed E-state index contributed by atoms with van der Waals surface area (Å²) in [5, 5.41) is 0. The predicted octanol–water partition coefficient (Wildman–Crippen LogP) is 2.63. The van der Waals surface area contributed by atoms with Crippen molar-refractivity contribution in [1.29, 1.82) is 0 Å². The van der Waals surface area contributed by atoms with Gasteiger partial charge >= 0.3 is 0 Å². The molecule has 3 aliphatic heterocycles. The molecule has 1 aliphatic carbocycles. The Morgan fingerprint density at radius 1 is 1.03 bits per heavy atom. The summed E-state index contributed by atoms with van der Waals surface area (Å²) < 4.78 is 11.6. The minimum Gasteiger partial charge on any atom is -0.479 e. The summed E-state index contributed by atoms with van der Waals surface area (Å²) in [4.78, 5) is 48.0. The van der Waals surface area contributed by atoms with E-state index >= 15 is 0 Å². The van der Waals surface area contributed by atoms with Gasteiger partial charge in [0, 0.05) is 49.9 Å². The van der Waals surface area contributed by atoms with Crippen LogP contribution < -0.4 is 14.4 Å². The Labute approximate surface area is 210 Å². The molecule has 0 radical (unpaired) electrons. The van der Waals surface area contributed by atoms with E-state index in [1.165, 1.54) is 12.8 Å². The Morgan fingerprint density at radius 3 is 2.61 bits per heavy atom. The topological polar surface area (TPSA) is 92.3 Å². The van der Waals surface area contributed by atoms with Crippen molar-refractivity contribution in [2.45, 2.75) is 44.8 Å². The van der Waals surface area contributed by atoms with E-state index < -0.39 is 6.10 Å². The lowest BCUT2D eigenvalue weighted by Gasteiger charge is -2.20. The average molecular weight is 491 g/mol. The number of pyridine rings is 1. The highest BCUT2D eigenvalue weighted by Crippen LogP contribution is 2.32. The van der Waals surface area contributed by atoms with Gasteiger partial charge in [0.25, 0.3) is 11.8 Å². The van der Waals surface area contributed by atoms with Crippen LogP contribution >= 0.6 is 0 Å². The molecule has 36 heavy (non-hydrogen) atoms. The third kappa shape index (κ3) is 4.62. The molecule has 0 N–H and O–H groups in total. The molecule has 2 saturated heterocycles. The highest BCUT2D eigenvalue weighted by atomic mass is 16.5. The molecule has 4 aliphatic rings. The third-order valence-electron chi connectivity index (χ3n) is 7.38. The Kier molecular flexibility index (Phi) is 5.99. The summed E-state index contributed by atoms with van der Waals surface area (Å²) in [6.45, 7) is 3.25. The first-order valence-electron chi connectivity index (χ1n) is 12.8. The van der Waals surface area contributed by atoms with Gasteiger partial charge in [-0.3, -0.25) is 14.4 Å². The van der Waals surface area contributed by atoms with Crippen LogP contribution in [-0.2, 0) is 16.1 Å². The summed E-state index contributed by atoms with van der Waals surface area (Å²) in [6.07, 6.45) is 6.00. The SMILES string of the molecule is O=C(CN1Cc2ccc(N3CC[C@@H](Oc4ccc(OCC5CC5)nc4)C3=O)cc2C1=O)N1CCCC1. The zero-order valence-electron chi connectivity index (χ0n) is 20.2. The minimum absolute atomic E-state index is 0.000546. The molecule has 4 heterocycles. The Bertz CT molecular complexity index is 1170. The van der Waals surface area contributed by atoms with Crippen LogP contribution in [0.2, 0.25) is 0 Å². The van der Waals surface area contributed by atoms with Crippen molar-refractivity contribution in [3.63, 3.8) is 0 Å². The molecule has 1 aromatic heterocycles. The van der Waals surface area contributed by atoms with E-state index in [2.05, 4.69) is 4.98 Å². The highest BCUT2D eigenvalue weighted by molar-refractivity contribution is 6.03. The number of nitrogens with zero attached hydrogens (tertiary/aromatic N) is 4. The maximum absolute atomic E-state index is 13.1. The molecule has 0 bridgehead atoms. The number of benzene rings is 1. The molecule has 3 fully saturated rings. The molecule has 6 rings (SSSR count). The molecule has 188 valence electrons. The second-order valence-corrected chi connectivity index (χ2v) is 10.1. The van der Waals surface area contributed by atoms with Gasteiger partial charge in [0.2, 0.25) is 11.8 Å². The lowest BCUT2D eigenvalue weighted by Crippen LogP contribution is -2.39. The van der Waals surface area contributed by atoms with Crippen LogP contribution in [0.4, 0.5) is 5.69 Å². The summed E-state index contributed by atoms with van der Waals surface area (Å²) >= 11 is 0.